The molecule has 1 aromatic heterocycles. The van der Waals surface area contributed by atoms with Gasteiger partial charge >= 0.3 is 0 Å². The molecule has 0 saturated heterocycles. The first-order valence-corrected chi connectivity index (χ1v) is 9.23. The number of carbonyl (C=O) groups is 2. The van der Waals surface area contributed by atoms with E-state index in [0.29, 0.717) is 17.5 Å². The van der Waals surface area contributed by atoms with Crippen LogP contribution < -0.4 is 10.6 Å². The molecule has 0 aliphatic carbocycles. The van der Waals surface area contributed by atoms with Gasteiger partial charge in [0.2, 0.25) is 17.0 Å². The maximum absolute atomic E-state index is 11.9. The molecule has 0 aliphatic rings. The highest BCUT2D eigenvalue weighted by molar-refractivity contribution is 7.99. The molecule has 0 bridgehead atoms. The number of aromatic amines is 1. The van der Waals surface area contributed by atoms with Crippen LogP contribution in [0.25, 0.3) is 11.4 Å². The largest absolute Gasteiger partial charge is 0.355 e. The maximum Gasteiger partial charge on any atom is 0.242 e. The highest BCUT2D eigenvalue weighted by Gasteiger charge is 2.15. The lowest BCUT2D eigenvalue weighted by atomic mass is 10.1. The van der Waals surface area contributed by atoms with Crippen molar-refractivity contribution in [3.63, 3.8) is 0 Å². The molecule has 0 spiro atoms. The molecule has 0 fully saturated rings. The Balaban J connectivity index is 1.86. The normalized spacial score (nSPS) is 11.8. The van der Waals surface area contributed by atoms with E-state index < -0.39 is 6.04 Å². The second kappa shape index (κ2) is 9.22. The van der Waals surface area contributed by atoms with Crippen LogP contribution in [-0.4, -0.2) is 45.3 Å². The van der Waals surface area contributed by atoms with Gasteiger partial charge in [-0.2, -0.15) is 0 Å². The van der Waals surface area contributed by atoms with Gasteiger partial charge in [0, 0.05) is 12.1 Å². The number of hydrogen-bond acceptors (Lipinski definition) is 5. The summed E-state index contributed by atoms with van der Waals surface area (Å²) in [5.41, 5.74) is 2.21. The van der Waals surface area contributed by atoms with Crippen LogP contribution in [0.3, 0.4) is 0 Å². The Morgan fingerprint density at radius 1 is 1.24 bits per heavy atom. The molecule has 1 heterocycles. The maximum atomic E-state index is 11.9. The van der Waals surface area contributed by atoms with E-state index in [1.807, 2.05) is 19.1 Å². The first-order valence-electron chi connectivity index (χ1n) is 8.25. The monoisotopic (exact) mass is 361 g/mol. The zero-order valence-electron chi connectivity index (χ0n) is 14.6. The molecule has 3 N–H and O–H groups in total. The van der Waals surface area contributed by atoms with E-state index in [-0.39, 0.29) is 17.6 Å². The van der Waals surface area contributed by atoms with Gasteiger partial charge in [0.1, 0.15) is 6.04 Å². The van der Waals surface area contributed by atoms with Crippen LogP contribution in [0.15, 0.2) is 29.4 Å². The molecular weight excluding hydrogens is 338 g/mol. The fourth-order valence-corrected chi connectivity index (χ4v) is 2.75. The van der Waals surface area contributed by atoms with E-state index >= 15 is 0 Å². The number of benzene rings is 1. The van der Waals surface area contributed by atoms with Crippen molar-refractivity contribution >= 4 is 23.6 Å². The number of nitrogens with one attached hydrogen (secondary N) is 3. The quantitative estimate of drug-likeness (QED) is 0.622. The zero-order valence-corrected chi connectivity index (χ0v) is 15.4. The summed E-state index contributed by atoms with van der Waals surface area (Å²) < 4.78 is 0. The lowest BCUT2D eigenvalue weighted by Gasteiger charge is -2.12. The van der Waals surface area contributed by atoms with Crippen molar-refractivity contribution in [3.05, 3.63) is 29.8 Å². The van der Waals surface area contributed by atoms with Crippen molar-refractivity contribution in [1.29, 1.82) is 0 Å². The molecule has 25 heavy (non-hydrogen) atoms. The van der Waals surface area contributed by atoms with Crippen LogP contribution in [-0.2, 0) is 16.0 Å². The molecule has 8 heteroatoms. The van der Waals surface area contributed by atoms with Gasteiger partial charge in [-0.05, 0) is 25.8 Å². The fraction of sp³-hybridized carbons (Fsp3) is 0.412. The van der Waals surface area contributed by atoms with Crippen LogP contribution in [0.1, 0.15) is 26.3 Å². The molecule has 2 amide bonds. The molecule has 1 atom stereocenters. The van der Waals surface area contributed by atoms with Crippen molar-refractivity contribution in [2.75, 3.05) is 12.3 Å². The van der Waals surface area contributed by atoms with E-state index in [1.54, 1.807) is 6.92 Å². The number of nitrogens with zero attached hydrogens (tertiary/aromatic N) is 2. The number of thioether (sulfide) groups is 1. The second-order valence-electron chi connectivity index (χ2n) is 5.49. The Bertz CT molecular complexity index is 714. The molecule has 7 nitrogen and oxygen atoms in total. The molecular formula is C17H23N5O2S. The lowest BCUT2D eigenvalue weighted by molar-refractivity contribution is -0.127. The smallest absolute Gasteiger partial charge is 0.242 e. The number of aromatic nitrogens is 3. The summed E-state index contributed by atoms with van der Waals surface area (Å²) in [4.78, 5) is 27.9. The Labute approximate surface area is 151 Å². The fourth-order valence-electron chi connectivity index (χ4n) is 2.14. The van der Waals surface area contributed by atoms with Gasteiger partial charge in [0.15, 0.2) is 5.82 Å². The zero-order chi connectivity index (χ0) is 18.2. The molecule has 2 aromatic rings. The number of carbonyl (C=O) groups excluding carboxylic acids is 2. The van der Waals surface area contributed by atoms with Crippen LogP contribution in [0.4, 0.5) is 0 Å². The minimum atomic E-state index is -0.562. The van der Waals surface area contributed by atoms with Gasteiger partial charge in [0.25, 0.3) is 0 Å². The van der Waals surface area contributed by atoms with Crippen LogP contribution in [0.5, 0.6) is 0 Å². The Morgan fingerprint density at radius 3 is 2.60 bits per heavy atom. The first-order chi connectivity index (χ1) is 12.0. The van der Waals surface area contributed by atoms with E-state index in [1.165, 1.54) is 17.3 Å². The number of rotatable bonds is 8. The molecule has 0 unspecified atom stereocenters. The molecule has 0 radical (unpaired) electrons. The summed E-state index contributed by atoms with van der Waals surface area (Å²) in [6.07, 6.45) is 0.988. The van der Waals surface area contributed by atoms with Crippen molar-refractivity contribution in [2.24, 2.45) is 0 Å². The summed E-state index contributed by atoms with van der Waals surface area (Å²) in [5.74, 6) is 0.385. The summed E-state index contributed by atoms with van der Waals surface area (Å²) in [7, 11) is 0. The van der Waals surface area contributed by atoms with Crippen LogP contribution in [0.2, 0.25) is 0 Å². The predicted molar refractivity (Wildman–Crippen MR) is 98.2 cm³/mol. The predicted octanol–water partition coefficient (Wildman–Crippen LogP) is 1.77. The summed E-state index contributed by atoms with van der Waals surface area (Å²) in [5, 5.41) is 12.8. The minimum Gasteiger partial charge on any atom is -0.355 e. The van der Waals surface area contributed by atoms with E-state index in [0.717, 1.165) is 12.0 Å². The Hall–Kier alpha value is -2.35. The first kappa shape index (κ1) is 19.0. The van der Waals surface area contributed by atoms with Gasteiger partial charge in [-0.1, -0.05) is 43.0 Å². The molecule has 1 aromatic carbocycles. The average molecular weight is 361 g/mol. The third kappa shape index (κ3) is 5.60. The highest BCUT2D eigenvalue weighted by Crippen LogP contribution is 2.19. The third-order valence-electron chi connectivity index (χ3n) is 3.55. The standard InChI is InChI=1S/C17H23N5O2S/c1-4-12-6-8-13(9-7-12)15-20-17(22-21-15)25-10-14(23)19-11(3)16(24)18-5-2/h6-9,11H,4-5,10H2,1-3H3,(H,18,24)(H,19,23)(H,20,21,22)/t11-/m1/s1. The molecule has 0 aliphatic heterocycles. The van der Waals surface area contributed by atoms with Gasteiger partial charge in [-0.3, -0.25) is 14.7 Å². The Morgan fingerprint density at radius 2 is 1.96 bits per heavy atom. The number of amides is 2. The summed E-state index contributed by atoms with van der Waals surface area (Å²) in [6, 6.07) is 7.54. The van der Waals surface area contributed by atoms with Crippen molar-refractivity contribution < 1.29 is 9.59 Å². The molecule has 134 valence electrons. The Kier molecular flexibility index (Phi) is 7.00. The number of hydrogen-bond donors (Lipinski definition) is 3. The summed E-state index contributed by atoms with van der Waals surface area (Å²) in [6.45, 7) is 6.13. The SMILES string of the molecule is CCNC(=O)[C@@H](C)NC(=O)CSc1n[nH]c(-c2ccc(CC)cc2)n1. The topological polar surface area (TPSA) is 99.8 Å². The highest BCUT2D eigenvalue weighted by atomic mass is 32.2. The van der Waals surface area contributed by atoms with Gasteiger partial charge < -0.3 is 10.6 Å². The minimum absolute atomic E-state index is 0.149. The van der Waals surface area contributed by atoms with Crippen LogP contribution in [0, 0.1) is 0 Å². The number of H-pyrrole nitrogens is 1. The average Bonchev–Trinajstić information content (AvgIpc) is 3.09. The van der Waals surface area contributed by atoms with Crippen LogP contribution >= 0.6 is 11.8 Å². The summed E-state index contributed by atoms with van der Waals surface area (Å²) >= 11 is 1.22. The van der Waals surface area contributed by atoms with E-state index in [9.17, 15) is 9.59 Å². The van der Waals surface area contributed by atoms with E-state index in [2.05, 4.69) is 44.9 Å². The van der Waals surface area contributed by atoms with Gasteiger partial charge in [-0.15, -0.1) is 5.10 Å². The third-order valence-corrected chi connectivity index (χ3v) is 4.40. The number of likely N-dealkylation sites (N-methyl/N-ethyl adjacent to an activating group) is 1. The molecule has 0 saturated carbocycles. The second-order valence-corrected chi connectivity index (χ2v) is 6.43. The van der Waals surface area contributed by atoms with Gasteiger partial charge in [-0.25, -0.2) is 4.98 Å². The van der Waals surface area contributed by atoms with E-state index in [4.69, 9.17) is 0 Å². The lowest BCUT2D eigenvalue weighted by Crippen LogP contribution is -2.45. The van der Waals surface area contributed by atoms with Crippen molar-refractivity contribution in [2.45, 2.75) is 38.4 Å². The van der Waals surface area contributed by atoms with Crippen molar-refractivity contribution in [1.82, 2.24) is 25.8 Å². The number of aryl methyl sites for hydroxylation is 1. The molecule has 2 rings (SSSR count). The van der Waals surface area contributed by atoms with Gasteiger partial charge in [0.05, 0.1) is 5.75 Å². The van der Waals surface area contributed by atoms with Crippen molar-refractivity contribution in [3.8, 4) is 11.4 Å².